The summed E-state index contributed by atoms with van der Waals surface area (Å²) in [5, 5.41) is 0. The van der Waals surface area contributed by atoms with E-state index in [9.17, 15) is 4.79 Å². The number of carbonyl (C=O) groups excluding carboxylic acids is 1. The number of rotatable bonds is 13. The summed E-state index contributed by atoms with van der Waals surface area (Å²) >= 11 is 0. The molecule has 8 heteroatoms. The van der Waals surface area contributed by atoms with E-state index in [-0.39, 0.29) is 5.78 Å². The maximum absolute atomic E-state index is 13.4. The Morgan fingerprint density at radius 2 is 1.32 bits per heavy atom. The number of hydrogen-bond acceptors (Lipinski definition) is 8. The number of hydrogen-bond donors (Lipinski definition) is 0. The van der Waals surface area contributed by atoms with Crippen LogP contribution in [0.25, 0.3) is 0 Å². The van der Waals surface area contributed by atoms with Gasteiger partial charge in [0.2, 0.25) is 0 Å². The molecule has 5 rings (SSSR count). The fourth-order valence-corrected chi connectivity index (χ4v) is 5.45. The topological polar surface area (TPSA) is 69.7 Å². The van der Waals surface area contributed by atoms with Gasteiger partial charge in [-0.15, -0.1) is 0 Å². The van der Waals surface area contributed by atoms with E-state index in [1.54, 1.807) is 28.4 Å². The number of nitrogens with zero attached hydrogens (tertiary/aromatic N) is 2. The van der Waals surface area contributed by atoms with E-state index in [1.807, 2.05) is 66.7 Å². The van der Waals surface area contributed by atoms with Crippen molar-refractivity contribution >= 4 is 17.2 Å². The predicted octanol–water partition coefficient (Wildman–Crippen LogP) is 6.07. The number of ketones is 1. The molecule has 0 fully saturated rings. The molecule has 1 aliphatic rings. The predicted molar refractivity (Wildman–Crippen MR) is 174 cm³/mol. The van der Waals surface area contributed by atoms with Crippen molar-refractivity contribution in [1.29, 1.82) is 0 Å². The molecule has 0 saturated carbocycles. The van der Waals surface area contributed by atoms with Crippen LogP contribution in [0.3, 0.4) is 0 Å². The maximum atomic E-state index is 13.4. The van der Waals surface area contributed by atoms with Crippen LogP contribution in [-0.2, 0) is 12.8 Å². The summed E-state index contributed by atoms with van der Waals surface area (Å²) in [4.78, 5) is 17.9. The molecule has 0 atom stereocenters. The molecule has 0 spiro atoms. The lowest BCUT2D eigenvalue weighted by Crippen LogP contribution is -2.34. The third-order valence-electron chi connectivity index (χ3n) is 8.05. The lowest BCUT2D eigenvalue weighted by atomic mass is 10.0. The molecule has 1 heterocycles. The highest BCUT2D eigenvalue weighted by Gasteiger charge is 2.21. The molecule has 0 N–H and O–H groups in total. The van der Waals surface area contributed by atoms with Gasteiger partial charge in [-0.2, -0.15) is 0 Å². The van der Waals surface area contributed by atoms with Gasteiger partial charge in [0.25, 0.3) is 0 Å². The number of anilines is 2. The molecule has 4 aromatic carbocycles. The van der Waals surface area contributed by atoms with Crippen molar-refractivity contribution in [1.82, 2.24) is 0 Å². The molecule has 0 bridgehead atoms. The lowest BCUT2D eigenvalue weighted by Gasteiger charge is -2.31. The van der Waals surface area contributed by atoms with E-state index < -0.39 is 0 Å². The molecular formula is C36H40N2O6. The standard InChI is InChI=1S/C36H40N2O6/c1-37(18-16-25-6-14-31(40-2)34(22-25)42-4)29-11-8-27(9-12-29)36(39)28-10-13-30-33(24-28)44-21-20-38(30)19-17-26-7-15-32(41-3)35(23-26)43-5/h6-15,22-24H,16-21H2,1-5H3. The van der Waals surface area contributed by atoms with E-state index in [1.165, 1.54) is 0 Å². The van der Waals surface area contributed by atoms with E-state index in [0.29, 0.717) is 17.7 Å². The molecule has 1 aliphatic heterocycles. The van der Waals surface area contributed by atoms with Gasteiger partial charge < -0.3 is 33.5 Å². The first kappa shape index (κ1) is 30.6. The Bertz CT molecular complexity index is 1590. The van der Waals surface area contributed by atoms with E-state index >= 15 is 0 Å². The summed E-state index contributed by atoms with van der Waals surface area (Å²) in [6.07, 6.45) is 1.69. The average molecular weight is 597 g/mol. The van der Waals surface area contributed by atoms with Gasteiger partial charge in [-0.1, -0.05) is 12.1 Å². The van der Waals surface area contributed by atoms with E-state index in [2.05, 4.69) is 29.0 Å². The number of likely N-dealkylation sites (N-methyl/N-ethyl adjacent to an activating group) is 1. The molecule has 0 radical (unpaired) electrons. The van der Waals surface area contributed by atoms with Crippen molar-refractivity contribution in [2.75, 3.05) is 71.5 Å². The SMILES string of the molecule is COc1ccc(CCN(C)c2ccc(C(=O)c3ccc4c(c3)OCCN4CCc3ccc(OC)c(OC)c3)cc2)cc1OC. The highest BCUT2D eigenvalue weighted by Crippen LogP contribution is 2.34. The molecule has 0 unspecified atom stereocenters. The highest BCUT2D eigenvalue weighted by atomic mass is 16.5. The van der Waals surface area contributed by atoms with Crippen LogP contribution in [0.4, 0.5) is 11.4 Å². The monoisotopic (exact) mass is 596 g/mol. The summed E-state index contributed by atoms with van der Waals surface area (Å²) in [5.41, 5.74) is 5.62. The second-order valence-electron chi connectivity index (χ2n) is 10.7. The number of methoxy groups -OCH3 is 4. The molecule has 0 amide bonds. The summed E-state index contributed by atoms with van der Waals surface area (Å²) in [5.74, 6) is 3.60. The van der Waals surface area contributed by atoms with Crippen LogP contribution < -0.4 is 33.5 Å². The minimum atomic E-state index is -0.0293. The van der Waals surface area contributed by atoms with Gasteiger partial charge in [0.05, 0.1) is 40.7 Å². The van der Waals surface area contributed by atoms with E-state index in [4.69, 9.17) is 23.7 Å². The molecule has 44 heavy (non-hydrogen) atoms. The molecule has 0 aromatic heterocycles. The van der Waals surface area contributed by atoms with Crippen molar-refractivity contribution in [2.24, 2.45) is 0 Å². The molecule has 0 saturated heterocycles. The smallest absolute Gasteiger partial charge is 0.193 e. The van der Waals surface area contributed by atoms with Gasteiger partial charge in [-0.25, -0.2) is 0 Å². The maximum Gasteiger partial charge on any atom is 0.193 e. The first-order valence-corrected chi connectivity index (χ1v) is 14.7. The van der Waals surface area contributed by atoms with Crippen molar-refractivity contribution in [3.63, 3.8) is 0 Å². The van der Waals surface area contributed by atoms with Crippen molar-refractivity contribution in [3.8, 4) is 28.7 Å². The number of carbonyl (C=O) groups is 1. The Morgan fingerprint density at radius 1 is 0.727 bits per heavy atom. The molecule has 4 aromatic rings. The molecule has 230 valence electrons. The Labute approximate surface area is 259 Å². The first-order valence-electron chi connectivity index (χ1n) is 14.7. The highest BCUT2D eigenvalue weighted by molar-refractivity contribution is 6.09. The second-order valence-corrected chi connectivity index (χ2v) is 10.7. The second kappa shape index (κ2) is 14.1. The van der Waals surface area contributed by atoms with Crippen LogP contribution in [0.2, 0.25) is 0 Å². The molecule has 8 nitrogen and oxygen atoms in total. The van der Waals surface area contributed by atoms with Gasteiger partial charge in [0.1, 0.15) is 12.4 Å². The zero-order valence-corrected chi connectivity index (χ0v) is 26.1. The van der Waals surface area contributed by atoms with Gasteiger partial charge in [0.15, 0.2) is 28.8 Å². The van der Waals surface area contributed by atoms with Crippen LogP contribution >= 0.6 is 0 Å². The van der Waals surface area contributed by atoms with Gasteiger partial charge >= 0.3 is 0 Å². The van der Waals surface area contributed by atoms with Crippen LogP contribution in [0.5, 0.6) is 28.7 Å². The van der Waals surface area contributed by atoms with Crippen LogP contribution in [0.1, 0.15) is 27.0 Å². The summed E-state index contributed by atoms with van der Waals surface area (Å²) in [6, 6.07) is 25.5. The molecule has 0 aliphatic carbocycles. The van der Waals surface area contributed by atoms with Crippen LogP contribution in [0, 0.1) is 0 Å². The van der Waals surface area contributed by atoms with Gasteiger partial charge in [-0.05, 0) is 90.7 Å². The summed E-state index contributed by atoms with van der Waals surface area (Å²) in [6.45, 7) is 2.99. The van der Waals surface area contributed by atoms with Crippen molar-refractivity contribution < 1.29 is 28.5 Å². The number of ether oxygens (including phenoxy) is 5. The van der Waals surface area contributed by atoms with Crippen molar-refractivity contribution in [2.45, 2.75) is 12.8 Å². The molecular weight excluding hydrogens is 556 g/mol. The van der Waals surface area contributed by atoms with Crippen molar-refractivity contribution in [3.05, 3.63) is 101 Å². The quantitative estimate of drug-likeness (QED) is 0.172. The number of fused-ring (bicyclic) bond motifs is 1. The number of benzene rings is 4. The van der Waals surface area contributed by atoms with Crippen LogP contribution in [0.15, 0.2) is 78.9 Å². The summed E-state index contributed by atoms with van der Waals surface area (Å²) < 4.78 is 27.6. The Balaban J connectivity index is 1.21. The normalized spacial score (nSPS) is 12.2. The minimum absolute atomic E-state index is 0.0293. The Hall–Kier alpha value is -4.85. The fraction of sp³-hybridized carbons (Fsp3) is 0.306. The zero-order chi connectivity index (χ0) is 31.1. The van der Waals surface area contributed by atoms with Gasteiger partial charge in [-0.3, -0.25) is 4.79 Å². The zero-order valence-electron chi connectivity index (χ0n) is 26.1. The average Bonchev–Trinajstić information content (AvgIpc) is 3.08. The Morgan fingerprint density at radius 3 is 1.93 bits per heavy atom. The largest absolute Gasteiger partial charge is 0.493 e. The van der Waals surface area contributed by atoms with E-state index in [0.717, 1.165) is 83.7 Å². The minimum Gasteiger partial charge on any atom is -0.493 e. The Kier molecular flexibility index (Phi) is 9.79. The lowest BCUT2D eigenvalue weighted by molar-refractivity contribution is 0.103. The fourth-order valence-electron chi connectivity index (χ4n) is 5.45. The summed E-state index contributed by atoms with van der Waals surface area (Å²) in [7, 11) is 8.62. The van der Waals surface area contributed by atoms with Crippen LogP contribution in [-0.4, -0.2) is 67.5 Å². The third-order valence-corrected chi connectivity index (χ3v) is 8.05. The third kappa shape index (κ3) is 6.86. The first-order chi connectivity index (χ1) is 21.4. The van der Waals surface area contributed by atoms with Gasteiger partial charge in [0, 0.05) is 37.0 Å².